The number of amides is 1. The first-order valence-corrected chi connectivity index (χ1v) is 5.30. The predicted octanol–water partition coefficient (Wildman–Crippen LogP) is 2.85. The molecule has 0 aromatic carbocycles. The zero-order valence-electron chi connectivity index (χ0n) is 9.93. The molecule has 0 aromatic rings. The van der Waals surface area contributed by atoms with Gasteiger partial charge in [0.25, 0.3) is 5.91 Å². The molecule has 0 saturated carbocycles. The summed E-state index contributed by atoms with van der Waals surface area (Å²) >= 11 is 0. The van der Waals surface area contributed by atoms with Gasteiger partial charge in [-0.1, -0.05) is 33.9 Å². The van der Waals surface area contributed by atoms with E-state index < -0.39 is 0 Å². The number of ether oxygens (including phenoxy) is 1. The van der Waals surface area contributed by atoms with Crippen molar-refractivity contribution < 1.29 is 11.0 Å². The lowest BCUT2D eigenvalue weighted by Crippen LogP contribution is -2.29. The topological polar surface area (TPSA) is 38.3 Å². The second-order valence-corrected chi connectivity index (χ2v) is 3.92. The van der Waals surface area contributed by atoms with Crippen LogP contribution < -0.4 is 5.32 Å². The number of hydrogen-bond donors (Lipinski definition) is 1. The zero-order chi connectivity index (χ0) is 11.8. The van der Waals surface area contributed by atoms with E-state index in [-0.39, 0.29) is 13.1 Å². The summed E-state index contributed by atoms with van der Waals surface area (Å²) in [6, 6.07) is 0. The fraction of sp³-hybridized carbons (Fsp3) is 0.583. The molecule has 3 heteroatoms. The van der Waals surface area contributed by atoms with Gasteiger partial charge in [0, 0.05) is 14.4 Å². The van der Waals surface area contributed by atoms with Crippen molar-refractivity contribution in [3.8, 4) is 0 Å². The molecule has 0 spiro atoms. The first-order chi connectivity index (χ1) is 6.97. The van der Waals surface area contributed by atoms with Gasteiger partial charge in [-0.05, 0) is 12.3 Å². The molecule has 0 saturated heterocycles. The van der Waals surface area contributed by atoms with Crippen molar-refractivity contribution >= 4 is 5.91 Å². The Kier molecular flexibility index (Phi) is 6.50. The summed E-state index contributed by atoms with van der Waals surface area (Å²) < 4.78 is 5.18. The van der Waals surface area contributed by atoms with Crippen LogP contribution >= 0.6 is 0 Å². The molecule has 1 N–H and O–H groups in total. The van der Waals surface area contributed by atoms with Gasteiger partial charge in [0.15, 0.2) is 5.76 Å². The third kappa shape index (κ3) is 6.77. The Morgan fingerprint density at radius 2 is 2.07 bits per heavy atom. The Balaban J connectivity index is 0. The summed E-state index contributed by atoms with van der Waals surface area (Å²) in [5, 5.41) is 2.72. The average Bonchev–Trinajstić information content (AvgIpc) is 2.14. The van der Waals surface area contributed by atoms with E-state index in [2.05, 4.69) is 18.5 Å². The smallest absolute Gasteiger partial charge is 0.286 e. The third-order valence-electron chi connectivity index (χ3n) is 1.72. The van der Waals surface area contributed by atoms with E-state index in [9.17, 15) is 4.79 Å². The Bertz CT molecular complexity index is 249. The third-order valence-corrected chi connectivity index (χ3v) is 1.72. The number of hydrogen-bond acceptors (Lipinski definition) is 2. The lowest BCUT2D eigenvalue weighted by Gasteiger charge is -2.11. The monoisotopic (exact) mass is 213 g/mol. The second kappa shape index (κ2) is 7.10. The van der Waals surface area contributed by atoms with Gasteiger partial charge >= 0.3 is 0 Å². The van der Waals surface area contributed by atoms with Crippen molar-refractivity contribution in [1.29, 1.82) is 0 Å². The summed E-state index contributed by atoms with van der Waals surface area (Å²) in [6.07, 6.45) is 1.69. The number of carbonyl (C=O) groups excluding carboxylic acids is 1. The Morgan fingerprint density at radius 3 is 2.53 bits per heavy atom. The molecule has 0 heterocycles. The average molecular weight is 213 g/mol. The van der Waals surface area contributed by atoms with Crippen LogP contribution in [-0.2, 0) is 9.53 Å². The molecule has 0 radical (unpaired) electrons. The summed E-state index contributed by atoms with van der Waals surface area (Å²) in [4.78, 5) is 11.4. The highest BCUT2D eigenvalue weighted by atomic mass is 16.5. The lowest BCUT2D eigenvalue weighted by atomic mass is 10.2. The molecule has 0 aliphatic carbocycles. The summed E-state index contributed by atoms with van der Waals surface area (Å²) in [5.74, 6) is 0.859. The lowest BCUT2D eigenvalue weighted by molar-refractivity contribution is -0.120. The van der Waals surface area contributed by atoms with E-state index >= 15 is 0 Å². The number of rotatable bonds is 7. The van der Waals surface area contributed by atoms with E-state index in [0.29, 0.717) is 18.2 Å². The van der Waals surface area contributed by atoms with Crippen molar-refractivity contribution in [2.75, 3.05) is 6.54 Å². The zero-order valence-corrected chi connectivity index (χ0v) is 9.93. The van der Waals surface area contributed by atoms with Gasteiger partial charge < -0.3 is 10.1 Å². The molecule has 1 amide bonds. The minimum Gasteiger partial charge on any atom is -0.457 e. The van der Waals surface area contributed by atoms with Crippen molar-refractivity contribution in [3.63, 3.8) is 0 Å². The molecular weight excluding hydrogens is 190 g/mol. The van der Waals surface area contributed by atoms with Crippen LogP contribution in [-0.4, -0.2) is 12.5 Å². The molecule has 0 aliphatic rings. The van der Waals surface area contributed by atoms with Crippen molar-refractivity contribution in [3.05, 3.63) is 24.7 Å². The molecule has 15 heavy (non-hydrogen) atoms. The molecule has 0 atom stereocenters. The van der Waals surface area contributed by atoms with Crippen LogP contribution in [0.1, 0.15) is 35.0 Å². The van der Waals surface area contributed by atoms with Gasteiger partial charge in [-0.15, -0.1) is 0 Å². The molecule has 0 fully saturated rings. The van der Waals surface area contributed by atoms with Gasteiger partial charge in [-0.25, -0.2) is 0 Å². The summed E-state index contributed by atoms with van der Waals surface area (Å²) in [6.45, 7) is 14.0. The maximum Gasteiger partial charge on any atom is 0.286 e. The number of carbonyl (C=O) groups is 1. The molecule has 3 nitrogen and oxygen atoms in total. The number of allylic oxidation sites excluding steroid dienone is 1. The quantitative estimate of drug-likeness (QED) is 0.521. The summed E-state index contributed by atoms with van der Waals surface area (Å²) in [7, 11) is 0. The highest BCUT2D eigenvalue weighted by Gasteiger charge is 2.09. The predicted molar refractivity (Wildman–Crippen MR) is 64.2 cm³/mol. The van der Waals surface area contributed by atoms with Crippen LogP contribution in [0, 0.1) is 5.92 Å². The molecule has 0 rings (SSSR count). The minimum atomic E-state index is -0.263. The van der Waals surface area contributed by atoms with Gasteiger partial charge in [0.1, 0.15) is 0 Å². The first kappa shape index (κ1) is 13.8. The van der Waals surface area contributed by atoms with E-state index in [1.54, 1.807) is 0 Å². The Morgan fingerprint density at radius 1 is 1.47 bits per heavy atom. The highest BCUT2D eigenvalue weighted by Crippen LogP contribution is 2.08. The van der Waals surface area contributed by atoms with Crippen LogP contribution in [0.15, 0.2) is 24.7 Å². The fourth-order valence-electron chi connectivity index (χ4n) is 0.946. The molecule has 0 aromatic heterocycles. The van der Waals surface area contributed by atoms with Gasteiger partial charge in [0.2, 0.25) is 0 Å². The summed E-state index contributed by atoms with van der Waals surface area (Å²) in [5.41, 5.74) is 0. The Labute approximate surface area is 93.7 Å². The van der Waals surface area contributed by atoms with Crippen molar-refractivity contribution in [2.24, 2.45) is 5.92 Å². The van der Waals surface area contributed by atoms with E-state index in [1.165, 1.54) is 0 Å². The fourth-order valence-corrected chi connectivity index (χ4v) is 0.946. The van der Waals surface area contributed by atoms with E-state index in [4.69, 9.17) is 4.74 Å². The van der Waals surface area contributed by atoms with Gasteiger partial charge in [0.05, 0.1) is 5.76 Å². The first-order valence-electron chi connectivity index (χ1n) is 5.30. The normalized spacial score (nSPS) is 9.87. The maximum absolute atomic E-state index is 11.4. The largest absolute Gasteiger partial charge is 0.457 e. The maximum atomic E-state index is 11.4. The van der Waals surface area contributed by atoms with Crippen LogP contribution in [0.5, 0.6) is 0 Å². The van der Waals surface area contributed by atoms with Crippen LogP contribution in [0.3, 0.4) is 0 Å². The minimum absolute atomic E-state index is 0. The molecule has 0 unspecified atom stereocenters. The van der Waals surface area contributed by atoms with Crippen molar-refractivity contribution in [2.45, 2.75) is 33.6 Å². The van der Waals surface area contributed by atoms with Gasteiger partial charge in [-0.2, -0.15) is 0 Å². The van der Waals surface area contributed by atoms with Crippen molar-refractivity contribution in [1.82, 2.24) is 5.32 Å². The van der Waals surface area contributed by atoms with E-state index in [1.807, 2.05) is 20.8 Å². The Hall–Kier alpha value is -1.25. The van der Waals surface area contributed by atoms with Crippen LogP contribution in [0.25, 0.3) is 0 Å². The van der Waals surface area contributed by atoms with E-state index in [0.717, 1.165) is 12.8 Å². The highest BCUT2D eigenvalue weighted by molar-refractivity contribution is 5.90. The van der Waals surface area contributed by atoms with Crippen LogP contribution in [0.4, 0.5) is 0 Å². The van der Waals surface area contributed by atoms with Crippen LogP contribution in [0.2, 0.25) is 0 Å². The number of nitrogens with one attached hydrogen (secondary N) is 1. The SMILES string of the molecule is C=C(CCC)OC(=C)C(=O)NCC(C)C.[HH]. The molecule has 0 aliphatic heterocycles. The van der Waals surface area contributed by atoms with Gasteiger partial charge in [-0.3, -0.25) is 4.79 Å². The molecule has 88 valence electrons. The molecular formula is C12H23NO2. The molecule has 0 bridgehead atoms. The standard InChI is InChI=1S/C12H21NO2.H2/c1-6-7-10(4)15-11(5)12(14)13-8-9(2)3;/h9H,4-8H2,1-3H3,(H,13,14);1H. The second-order valence-electron chi connectivity index (χ2n) is 3.92.